The first kappa shape index (κ1) is 12.0. The van der Waals surface area contributed by atoms with Crippen LogP contribution in [0, 0.1) is 10.1 Å². The average molecular weight is 225 g/mol. The van der Waals surface area contributed by atoms with Crippen LogP contribution in [0.4, 0.5) is 5.69 Å². The van der Waals surface area contributed by atoms with Gasteiger partial charge in [0, 0.05) is 6.42 Å². The third kappa shape index (κ3) is 2.97. The van der Waals surface area contributed by atoms with Crippen molar-refractivity contribution in [1.82, 2.24) is 9.55 Å². The van der Waals surface area contributed by atoms with Crippen LogP contribution in [0.2, 0.25) is 0 Å². The minimum absolute atomic E-state index is 0.146. The zero-order valence-electron chi connectivity index (χ0n) is 8.75. The fourth-order valence-corrected chi connectivity index (χ4v) is 1.20. The van der Waals surface area contributed by atoms with Crippen molar-refractivity contribution >= 4 is 11.5 Å². The maximum absolute atomic E-state index is 11.3. The molecule has 1 aromatic heterocycles. The quantitative estimate of drug-likeness (QED) is 0.537. The monoisotopic (exact) mass is 225 g/mol. The second-order valence-electron chi connectivity index (χ2n) is 3.27. The number of Topliss-reactive ketones (excluding diaryl/α,β-unsaturated/α-hetero) is 1. The molecule has 16 heavy (non-hydrogen) atoms. The molecule has 0 amide bonds. The van der Waals surface area contributed by atoms with Crippen molar-refractivity contribution in [1.29, 1.82) is 0 Å². The highest BCUT2D eigenvalue weighted by Gasteiger charge is 2.10. The average Bonchev–Trinajstić information content (AvgIpc) is 2.21. The van der Waals surface area contributed by atoms with Gasteiger partial charge in [0.25, 0.3) is 0 Å². The zero-order valence-corrected chi connectivity index (χ0v) is 8.75. The van der Waals surface area contributed by atoms with E-state index in [9.17, 15) is 19.7 Å². The Balaban J connectivity index is 2.94. The number of carbonyl (C=O) groups excluding carboxylic acids is 1. The molecule has 0 bridgehead atoms. The van der Waals surface area contributed by atoms with Crippen molar-refractivity contribution in [2.45, 2.75) is 26.3 Å². The van der Waals surface area contributed by atoms with E-state index >= 15 is 0 Å². The Morgan fingerprint density at radius 2 is 2.31 bits per heavy atom. The van der Waals surface area contributed by atoms with Crippen LogP contribution in [0.5, 0.6) is 0 Å². The van der Waals surface area contributed by atoms with E-state index in [1.54, 1.807) is 0 Å². The fourth-order valence-electron chi connectivity index (χ4n) is 1.20. The van der Waals surface area contributed by atoms with Crippen LogP contribution >= 0.6 is 0 Å². The molecule has 0 radical (unpaired) electrons. The molecule has 7 heteroatoms. The van der Waals surface area contributed by atoms with Crippen LogP contribution in [-0.4, -0.2) is 20.3 Å². The molecule has 0 N–H and O–H groups in total. The molecule has 86 valence electrons. The molecular weight excluding hydrogens is 214 g/mol. The molecule has 0 aromatic carbocycles. The van der Waals surface area contributed by atoms with Gasteiger partial charge in [-0.3, -0.25) is 19.5 Å². The number of rotatable bonds is 5. The molecule has 1 heterocycles. The third-order valence-electron chi connectivity index (χ3n) is 1.93. The molecule has 7 nitrogen and oxygen atoms in total. The number of hydrogen-bond donors (Lipinski definition) is 0. The Morgan fingerprint density at radius 3 is 2.88 bits per heavy atom. The second-order valence-corrected chi connectivity index (χ2v) is 3.27. The van der Waals surface area contributed by atoms with Gasteiger partial charge in [-0.15, -0.1) is 0 Å². The summed E-state index contributed by atoms with van der Waals surface area (Å²) in [5.74, 6) is -0.146. The van der Waals surface area contributed by atoms with Crippen molar-refractivity contribution < 1.29 is 9.72 Å². The Labute approximate surface area is 90.9 Å². The van der Waals surface area contributed by atoms with Crippen LogP contribution in [0.1, 0.15) is 19.8 Å². The van der Waals surface area contributed by atoms with Gasteiger partial charge in [0.2, 0.25) is 0 Å². The molecule has 0 saturated carbocycles. The van der Waals surface area contributed by atoms with Crippen molar-refractivity contribution in [3.8, 4) is 0 Å². The summed E-state index contributed by atoms with van der Waals surface area (Å²) < 4.78 is 0.954. The number of nitro groups is 1. The first-order valence-electron chi connectivity index (χ1n) is 4.77. The first-order chi connectivity index (χ1) is 7.54. The maximum atomic E-state index is 11.3. The Bertz CT molecular complexity index is 466. The van der Waals surface area contributed by atoms with Crippen molar-refractivity contribution in [2.75, 3.05) is 0 Å². The molecule has 1 aromatic rings. The van der Waals surface area contributed by atoms with Crippen LogP contribution in [0.15, 0.2) is 17.2 Å². The normalized spacial score (nSPS) is 10.1. The molecule has 0 unspecified atom stereocenters. The maximum Gasteiger partial charge on any atom is 0.348 e. The fraction of sp³-hybridized carbons (Fsp3) is 0.444. The van der Waals surface area contributed by atoms with Gasteiger partial charge in [0.05, 0.1) is 17.7 Å². The molecule has 0 aliphatic rings. The molecular formula is C9H11N3O4. The topological polar surface area (TPSA) is 95.1 Å². The molecule has 0 saturated heterocycles. The standard InChI is InChI=1S/C9H11N3O4/c1-2-3-8(13)6-11-5-7(12(15)16)4-10-9(11)14/h4-5H,2-3,6H2,1H3. The summed E-state index contributed by atoms with van der Waals surface area (Å²) in [5, 5.41) is 10.4. The number of nitrogens with zero attached hydrogens (tertiary/aromatic N) is 3. The first-order valence-corrected chi connectivity index (χ1v) is 4.77. The van der Waals surface area contributed by atoms with Crippen molar-refractivity contribution in [2.24, 2.45) is 0 Å². The van der Waals surface area contributed by atoms with Crippen LogP contribution in [0.25, 0.3) is 0 Å². The van der Waals surface area contributed by atoms with Gasteiger partial charge < -0.3 is 0 Å². The molecule has 0 spiro atoms. The van der Waals surface area contributed by atoms with E-state index < -0.39 is 10.6 Å². The van der Waals surface area contributed by atoms with Gasteiger partial charge in [0.1, 0.15) is 6.20 Å². The summed E-state index contributed by atoms with van der Waals surface area (Å²) in [6, 6.07) is 0. The summed E-state index contributed by atoms with van der Waals surface area (Å²) in [5.41, 5.74) is -0.959. The van der Waals surface area contributed by atoms with Crippen LogP contribution in [-0.2, 0) is 11.3 Å². The highest BCUT2D eigenvalue weighted by Crippen LogP contribution is 2.04. The predicted molar refractivity (Wildman–Crippen MR) is 55.1 cm³/mol. The number of ketones is 1. The zero-order chi connectivity index (χ0) is 12.1. The second kappa shape index (κ2) is 5.15. The summed E-state index contributed by atoms with van der Waals surface area (Å²) >= 11 is 0. The van der Waals surface area contributed by atoms with Gasteiger partial charge in [-0.1, -0.05) is 6.92 Å². The summed E-state index contributed by atoms with van der Waals surface area (Å²) in [6.45, 7) is 1.67. The van der Waals surface area contributed by atoms with E-state index in [0.717, 1.165) is 17.0 Å². The highest BCUT2D eigenvalue weighted by molar-refractivity contribution is 5.78. The number of aromatic nitrogens is 2. The van der Waals surface area contributed by atoms with Crippen molar-refractivity contribution in [3.63, 3.8) is 0 Å². The molecule has 0 aliphatic heterocycles. The van der Waals surface area contributed by atoms with E-state index in [2.05, 4.69) is 4.98 Å². The summed E-state index contributed by atoms with van der Waals surface area (Å²) in [4.78, 5) is 35.6. The highest BCUT2D eigenvalue weighted by atomic mass is 16.6. The lowest BCUT2D eigenvalue weighted by Gasteiger charge is -2.02. The Kier molecular flexibility index (Phi) is 3.87. The van der Waals surface area contributed by atoms with Gasteiger partial charge in [-0.05, 0) is 6.42 Å². The van der Waals surface area contributed by atoms with E-state index in [0.29, 0.717) is 12.8 Å². The molecule has 0 fully saturated rings. The van der Waals surface area contributed by atoms with Crippen molar-refractivity contribution in [3.05, 3.63) is 33.0 Å². The summed E-state index contributed by atoms with van der Waals surface area (Å²) in [6.07, 6.45) is 2.93. The molecule has 1 rings (SSSR count). The molecule has 0 aliphatic carbocycles. The van der Waals surface area contributed by atoms with Gasteiger partial charge in [0.15, 0.2) is 5.78 Å². The number of hydrogen-bond acceptors (Lipinski definition) is 5. The van der Waals surface area contributed by atoms with Gasteiger partial charge in [-0.2, -0.15) is 4.98 Å². The van der Waals surface area contributed by atoms with E-state index in [4.69, 9.17) is 0 Å². The van der Waals surface area contributed by atoms with Crippen LogP contribution in [0.3, 0.4) is 0 Å². The van der Waals surface area contributed by atoms with E-state index in [1.165, 1.54) is 0 Å². The minimum atomic E-state index is -0.659. The van der Waals surface area contributed by atoms with E-state index in [-0.39, 0.29) is 18.0 Å². The van der Waals surface area contributed by atoms with E-state index in [1.807, 2.05) is 6.92 Å². The summed E-state index contributed by atoms with van der Waals surface area (Å²) in [7, 11) is 0. The van der Waals surface area contributed by atoms with Gasteiger partial charge >= 0.3 is 11.4 Å². The van der Waals surface area contributed by atoms with Crippen LogP contribution < -0.4 is 5.69 Å². The number of carbonyl (C=O) groups is 1. The SMILES string of the molecule is CCCC(=O)Cn1cc([N+](=O)[O-])cnc1=O. The predicted octanol–water partition coefficient (Wildman–Crippen LogP) is 0.521. The molecule has 0 atom stereocenters. The lowest BCUT2D eigenvalue weighted by molar-refractivity contribution is -0.385. The Morgan fingerprint density at radius 1 is 1.62 bits per heavy atom. The third-order valence-corrected chi connectivity index (χ3v) is 1.93. The lowest BCUT2D eigenvalue weighted by Crippen LogP contribution is -2.26. The largest absolute Gasteiger partial charge is 0.348 e. The lowest BCUT2D eigenvalue weighted by atomic mass is 10.2. The van der Waals surface area contributed by atoms with Gasteiger partial charge in [-0.25, -0.2) is 4.79 Å². The Hall–Kier alpha value is -2.05. The minimum Gasteiger partial charge on any atom is -0.298 e. The smallest absolute Gasteiger partial charge is 0.298 e.